The van der Waals surface area contributed by atoms with Crippen LogP contribution in [-0.2, 0) is 13.5 Å². The van der Waals surface area contributed by atoms with Crippen LogP contribution in [0.2, 0.25) is 0 Å². The molecule has 0 aliphatic carbocycles. The number of nitrogens with zero attached hydrogens (tertiary/aromatic N) is 7. The highest BCUT2D eigenvalue weighted by molar-refractivity contribution is 7.19. The van der Waals surface area contributed by atoms with Crippen LogP contribution in [0.3, 0.4) is 0 Å². The lowest BCUT2D eigenvalue weighted by Crippen LogP contribution is -1.93. The molecule has 4 aromatic heterocycles. The molecule has 8 nitrogen and oxygen atoms in total. The largest absolute Gasteiger partial charge is 0.282 e. The summed E-state index contributed by atoms with van der Waals surface area (Å²) in [7, 11) is 1.87. The van der Waals surface area contributed by atoms with Crippen LogP contribution in [-0.4, -0.2) is 39.8 Å². The van der Waals surface area contributed by atoms with Crippen molar-refractivity contribution >= 4 is 16.3 Å². The van der Waals surface area contributed by atoms with E-state index < -0.39 is 0 Å². The Morgan fingerprint density at radius 3 is 2.91 bits per heavy atom. The van der Waals surface area contributed by atoms with Gasteiger partial charge in [0.1, 0.15) is 5.69 Å². The third kappa shape index (κ3) is 2.52. The van der Waals surface area contributed by atoms with Crippen molar-refractivity contribution in [2.45, 2.75) is 20.3 Å². The second-order valence-corrected chi connectivity index (χ2v) is 6.86. The molecule has 4 rings (SSSR count). The van der Waals surface area contributed by atoms with Gasteiger partial charge in [0.15, 0.2) is 10.8 Å². The zero-order chi connectivity index (χ0) is 16.0. The number of fused-ring (bicyclic) bond motifs is 1. The second kappa shape index (κ2) is 5.27. The highest BCUT2D eigenvalue weighted by atomic mass is 32.1. The summed E-state index contributed by atoms with van der Waals surface area (Å²) in [6, 6.07) is 2.05. The van der Waals surface area contributed by atoms with Gasteiger partial charge in [0, 0.05) is 18.9 Å². The number of H-pyrrole nitrogens is 1. The van der Waals surface area contributed by atoms with Crippen LogP contribution in [0.25, 0.3) is 27.1 Å². The Morgan fingerprint density at radius 1 is 1.30 bits per heavy atom. The van der Waals surface area contributed by atoms with Gasteiger partial charge in [0.05, 0.1) is 11.8 Å². The molecule has 0 aliphatic heterocycles. The highest BCUT2D eigenvalue weighted by Crippen LogP contribution is 2.27. The number of rotatable bonds is 4. The van der Waals surface area contributed by atoms with Crippen LogP contribution in [0.4, 0.5) is 0 Å². The molecular weight excluding hydrogens is 312 g/mol. The van der Waals surface area contributed by atoms with Gasteiger partial charge in [0.25, 0.3) is 0 Å². The molecule has 9 heteroatoms. The van der Waals surface area contributed by atoms with Crippen LogP contribution in [0.1, 0.15) is 19.5 Å². The number of nitrogens with one attached hydrogen (secondary N) is 1. The molecule has 0 bridgehead atoms. The summed E-state index contributed by atoms with van der Waals surface area (Å²) in [5.74, 6) is 1.27. The van der Waals surface area contributed by atoms with Gasteiger partial charge in [-0.1, -0.05) is 25.2 Å². The molecule has 118 valence electrons. The van der Waals surface area contributed by atoms with Crippen LogP contribution < -0.4 is 0 Å². The minimum atomic E-state index is 0.582. The van der Waals surface area contributed by atoms with Gasteiger partial charge in [-0.15, -0.1) is 10.2 Å². The van der Waals surface area contributed by atoms with E-state index in [1.54, 1.807) is 15.4 Å². The van der Waals surface area contributed by atoms with Gasteiger partial charge >= 0.3 is 0 Å². The smallest absolute Gasteiger partial charge is 0.235 e. The zero-order valence-electron chi connectivity index (χ0n) is 13.1. The van der Waals surface area contributed by atoms with E-state index in [0.717, 1.165) is 33.3 Å². The first kappa shape index (κ1) is 14.1. The Bertz CT molecular complexity index is 957. The molecule has 4 heterocycles. The Kier molecular flexibility index (Phi) is 3.22. The summed E-state index contributed by atoms with van der Waals surface area (Å²) in [4.78, 5) is 0.743. The number of aromatic nitrogens is 8. The lowest BCUT2D eigenvalue weighted by atomic mass is 10.1. The molecule has 23 heavy (non-hydrogen) atoms. The third-order valence-corrected chi connectivity index (χ3v) is 4.35. The Labute approximate surface area is 136 Å². The quantitative estimate of drug-likeness (QED) is 0.620. The lowest BCUT2D eigenvalue weighted by molar-refractivity contribution is 0.633. The molecule has 0 aliphatic rings. The van der Waals surface area contributed by atoms with Crippen LogP contribution in [0.5, 0.6) is 0 Å². The van der Waals surface area contributed by atoms with Gasteiger partial charge < -0.3 is 0 Å². The summed E-state index contributed by atoms with van der Waals surface area (Å²) < 4.78 is 3.48. The summed E-state index contributed by atoms with van der Waals surface area (Å²) in [6.45, 7) is 4.37. The summed E-state index contributed by atoms with van der Waals surface area (Å²) in [6.07, 6.45) is 4.62. The SMILES string of the molecule is CC(C)Cc1cc(-c2nn3c(-c4cnn(C)c4)nnc3s2)n[nH]1. The minimum Gasteiger partial charge on any atom is -0.282 e. The summed E-state index contributed by atoms with van der Waals surface area (Å²) >= 11 is 1.47. The van der Waals surface area contributed by atoms with E-state index in [4.69, 9.17) is 0 Å². The van der Waals surface area contributed by atoms with Crippen molar-refractivity contribution in [1.29, 1.82) is 0 Å². The fourth-order valence-corrected chi connectivity index (χ4v) is 3.25. The van der Waals surface area contributed by atoms with Crippen molar-refractivity contribution in [2.24, 2.45) is 13.0 Å². The minimum absolute atomic E-state index is 0.582. The fourth-order valence-electron chi connectivity index (χ4n) is 2.45. The molecule has 1 N–H and O–H groups in total. The molecule has 0 aromatic carbocycles. The standard InChI is InChI=1S/C14H16N8S/c1-8(2)4-10-5-11(17-16-10)13-20-22-12(18-19-14(22)23-13)9-6-15-21(3)7-9/h5-8H,4H2,1-3H3,(H,16,17). The first-order chi connectivity index (χ1) is 11.1. The molecule has 0 saturated heterocycles. The maximum absolute atomic E-state index is 4.61. The predicted molar refractivity (Wildman–Crippen MR) is 87.0 cm³/mol. The average Bonchev–Trinajstić information content (AvgIpc) is 3.20. The molecule has 0 unspecified atom stereocenters. The van der Waals surface area contributed by atoms with Gasteiger partial charge in [-0.25, -0.2) is 0 Å². The topological polar surface area (TPSA) is 89.6 Å². The maximum Gasteiger partial charge on any atom is 0.235 e. The molecule has 0 fully saturated rings. The summed E-state index contributed by atoms with van der Waals surface area (Å²) in [5.41, 5.74) is 2.85. The normalized spacial score (nSPS) is 11.8. The van der Waals surface area contributed by atoms with Gasteiger partial charge in [0.2, 0.25) is 4.96 Å². The molecule has 0 amide bonds. The molecule has 0 saturated carbocycles. The van der Waals surface area contributed by atoms with E-state index in [1.165, 1.54) is 11.3 Å². The lowest BCUT2D eigenvalue weighted by Gasteiger charge is -1.98. The monoisotopic (exact) mass is 328 g/mol. The fraction of sp³-hybridized carbons (Fsp3) is 0.357. The van der Waals surface area contributed by atoms with E-state index in [9.17, 15) is 0 Å². The number of hydrogen-bond donors (Lipinski definition) is 1. The highest BCUT2D eigenvalue weighted by Gasteiger charge is 2.17. The van der Waals surface area contributed by atoms with Crippen LogP contribution in [0, 0.1) is 5.92 Å². The van der Waals surface area contributed by atoms with Crippen molar-refractivity contribution in [1.82, 2.24) is 39.8 Å². The van der Waals surface area contributed by atoms with E-state index >= 15 is 0 Å². The first-order valence-electron chi connectivity index (χ1n) is 7.36. The van der Waals surface area contributed by atoms with Crippen LogP contribution >= 0.6 is 11.3 Å². The van der Waals surface area contributed by atoms with E-state index in [-0.39, 0.29) is 0 Å². The Balaban J connectivity index is 1.72. The van der Waals surface area contributed by atoms with E-state index in [0.29, 0.717) is 11.7 Å². The van der Waals surface area contributed by atoms with Crippen molar-refractivity contribution in [2.75, 3.05) is 0 Å². The molecular formula is C14H16N8S. The van der Waals surface area contributed by atoms with Crippen molar-refractivity contribution in [3.8, 4) is 22.1 Å². The molecule has 0 atom stereocenters. The Hall–Kier alpha value is -2.55. The van der Waals surface area contributed by atoms with E-state index in [2.05, 4.69) is 50.5 Å². The molecule has 0 spiro atoms. The van der Waals surface area contributed by atoms with Crippen molar-refractivity contribution in [3.05, 3.63) is 24.2 Å². The van der Waals surface area contributed by atoms with Gasteiger partial charge in [-0.05, 0) is 18.4 Å². The summed E-state index contributed by atoms with van der Waals surface area (Å²) in [5, 5.41) is 25.4. The average molecular weight is 328 g/mol. The molecule has 4 aromatic rings. The zero-order valence-corrected chi connectivity index (χ0v) is 13.9. The van der Waals surface area contributed by atoms with Gasteiger partial charge in [-0.3, -0.25) is 9.78 Å². The molecule has 0 radical (unpaired) electrons. The first-order valence-corrected chi connectivity index (χ1v) is 8.17. The third-order valence-electron chi connectivity index (χ3n) is 3.43. The number of aryl methyl sites for hydroxylation is 1. The van der Waals surface area contributed by atoms with Crippen molar-refractivity contribution < 1.29 is 0 Å². The maximum atomic E-state index is 4.61. The van der Waals surface area contributed by atoms with E-state index in [1.807, 2.05) is 13.2 Å². The second-order valence-electron chi connectivity index (χ2n) is 5.90. The number of hydrogen-bond acceptors (Lipinski definition) is 6. The van der Waals surface area contributed by atoms with Gasteiger partial charge in [-0.2, -0.15) is 19.8 Å². The predicted octanol–water partition coefficient (Wildman–Crippen LogP) is 2.17. The Morgan fingerprint density at radius 2 is 2.17 bits per heavy atom. The number of aromatic amines is 1. The van der Waals surface area contributed by atoms with Crippen LogP contribution in [0.15, 0.2) is 18.5 Å². The van der Waals surface area contributed by atoms with Crippen molar-refractivity contribution in [3.63, 3.8) is 0 Å².